The van der Waals surface area contributed by atoms with Crippen LogP contribution in [0.3, 0.4) is 0 Å². The fourth-order valence-corrected chi connectivity index (χ4v) is 1.86. The Morgan fingerprint density at radius 2 is 1.63 bits per heavy atom. The van der Waals surface area contributed by atoms with Gasteiger partial charge < -0.3 is 9.57 Å². The Hall–Kier alpha value is -2.29. The Morgan fingerprint density at radius 3 is 2.21 bits per heavy atom. The van der Waals surface area contributed by atoms with Crippen molar-refractivity contribution in [3.8, 4) is 5.75 Å². The fraction of sp³-hybridized carbons (Fsp3) is 0.188. The second-order valence-electron chi connectivity index (χ2n) is 4.11. The van der Waals surface area contributed by atoms with E-state index in [0.717, 1.165) is 23.4 Å². The third-order valence-electron chi connectivity index (χ3n) is 2.84. The molecular weight excluding hydrogens is 238 g/mol. The second kappa shape index (κ2) is 6.59. The first-order chi connectivity index (χ1) is 9.33. The molecule has 19 heavy (non-hydrogen) atoms. The van der Waals surface area contributed by atoms with Crippen molar-refractivity contribution < 1.29 is 9.57 Å². The van der Waals surface area contributed by atoms with Crippen molar-refractivity contribution in [3.05, 3.63) is 65.7 Å². The Balaban J connectivity index is 2.19. The zero-order chi connectivity index (χ0) is 13.5. The SMILES string of the molecule is CON=C(Cc1ccc(OC)cc1)c1ccccc1. The molecule has 0 fully saturated rings. The van der Waals surface area contributed by atoms with Crippen molar-refractivity contribution in [3.63, 3.8) is 0 Å². The van der Waals surface area contributed by atoms with Crippen LogP contribution in [0, 0.1) is 0 Å². The molecule has 2 aromatic rings. The molecule has 0 aromatic heterocycles. The summed E-state index contributed by atoms with van der Waals surface area (Å²) in [6, 6.07) is 18.0. The summed E-state index contributed by atoms with van der Waals surface area (Å²) in [5.74, 6) is 0.855. The smallest absolute Gasteiger partial charge is 0.118 e. The highest BCUT2D eigenvalue weighted by Crippen LogP contribution is 2.14. The molecular formula is C16H17NO2. The van der Waals surface area contributed by atoms with Gasteiger partial charge in [0.05, 0.1) is 12.8 Å². The van der Waals surface area contributed by atoms with E-state index in [9.17, 15) is 0 Å². The predicted molar refractivity (Wildman–Crippen MR) is 76.7 cm³/mol. The summed E-state index contributed by atoms with van der Waals surface area (Å²) >= 11 is 0. The van der Waals surface area contributed by atoms with Gasteiger partial charge >= 0.3 is 0 Å². The van der Waals surface area contributed by atoms with Crippen molar-refractivity contribution in [1.82, 2.24) is 0 Å². The van der Waals surface area contributed by atoms with Gasteiger partial charge in [-0.15, -0.1) is 0 Å². The molecule has 0 atom stereocenters. The number of hydrogen-bond acceptors (Lipinski definition) is 3. The number of ether oxygens (including phenoxy) is 1. The van der Waals surface area contributed by atoms with E-state index in [1.165, 1.54) is 5.56 Å². The van der Waals surface area contributed by atoms with Crippen LogP contribution in [0.4, 0.5) is 0 Å². The van der Waals surface area contributed by atoms with E-state index >= 15 is 0 Å². The van der Waals surface area contributed by atoms with Crippen LogP contribution in [0.2, 0.25) is 0 Å². The van der Waals surface area contributed by atoms with Crippen LogP contribution in [-0.2, 0) is 11.3 Å². The number of hydrogen-bond donors (Lipinski definition) is 0. The highest BCUT2D eigenvalue weighted by Gasteiger charge is 2.06. The number of rotatable bonds is 5. The highest BCUT2D eigenvalue weighted by molar-refractivity contribution is 6.01. The molecule has 2 aromatic carbocycles. The van der Waals surface area contributed by atoms with Crippen molar-refractivity contribution in [1.29, 1.82) is 0 Å². The number of benzene rings is 2. The van der Waals surface area contributed by atoms with Crippen LogP contribution in [-0.4, -0.2) is 19.9 Å². The number of oxime groups is 1. The van der Waals surface area contributed by atoms with Gasteiger partial charge in [-0.1, -0.05) is 47.6 Å². The number of nitrogens with zero attached hydrogens (tertiary/aromatic N) is 1. The van der Waals surface area contributed by atoms with Gasteiger partial charge in [0.1, 0.15) is 12.9 Å². The average molecular weight is 255 g/mol. The molecule has 0 aliphatic carbocycles. The molecule has 0 heterocycles. The summed E-state index contributed by atoms with van der Waals surface area (Å²) in [4.78, 5) is 4.94. The first-order valence-corrected chi connectivity index (χ1v) is 6.12. The maximum atomic E-state index is 5.15. The van der Waals surface area contributed by atoms with E-state index in [0.29, 0.717) is 0 Å². The summed E-state index contributed by atoms with van der Waals surface area (Å²) in [6.07, 6.45) is 0.724. The quantitative estimate of drug-likeness (QED) is 0.606. The van der Waals surface area contributed by atoms with Crippen LogP contribution in [0.1, 0.15) is 11.1 Å². The minimum atomic E-state index is 0.724. The first kappa shape index (κ1) is 13.1. The lowest BCUT2D eigenvalue weighted by Gasteiger charge is -2.07. The van der Waals surface area contributed by atoms with Crippen molar-refractivity contribution >= 4 is 5.71 Å². The van der Waals surface area contributed by atoms with Gasteiger partial charge in [0, 0.05) is 6.42 Å². The third kappa shape index (κ3) is 3.58. The monoisotopic (exact) mass is 255 g/mol. The molecule has 0 aliphatic rings. The minimum Gasteiger partial charge on any atom is -0.497 e. The van der Waals surface area contributed by atoms with Crippen LogP contribution < -0.4 is 4.74 Å². The van der Waals surface area contributed by atoms with Crippen LogP contribution in [0.15, 0.2) is 59.8 Å². The molecule has 0 unspecified atom stereocenters. The zero-order valence-electron chi connectivity index (χ0n) is 11.2. The second-order valence-corrected chi connectivity index (χ2v) is 4.11. The Labute approximate surface area is 113 Å². The van der Waals surface area contributed by atoms with Crippen LogP contribution >= 0.6 is 0 Å². The van der Waals surface area contributed by atoms with Crippen LogP contribution in [0.25, 0.3) is 0 Å². The number of methoxy groups -OCH3 is 1. The van der Waals surface area contributed by atoms with Gasteiger partial charge in [0.2, 0.25) is 0 Å². The lowest BCUT2D eigenvalue weighted by Crippen LogP contribution is -2.06. The van der Waals surface area contributed by atoms with Gasteiger partial charge in [-0.25, -0.2) is 0 Å². The largest absolute Gasteiger partial charge is 0.497 e. The van der Waals surface area contributed by atoms with Crippen molar-refractivity contribution in [2.24, 2.45) is 5.16 Å². The summed E-state index contributed by atoms with van der Waals surface area (Å²) in [5.41, 5.74) is 3.15. The molecule has 0 spiro atoms. The summed E-state index contributed by atoms with van der Waals surface area (Å²) in [6.45, 7) is 0. The summed E-state index contributed by atoms with van der Waals surface area (Å²) in [5, 5.41) is 4.12. The molecule has 2 rings (SSSR count). The van der Waals surface area contributed by atoms with Crippen molar-refractivity contribution in [2.75, 3.05) is 14.2 Å². The highest BCUT2D eigenvalue weighted by atomic mass is 16.6. The topological polar surface area (TPSA) is 30.8 Å². The third-order valence-corrected chi connectivity index (χ3v) is 2.84. The Morgan fingerprint density at radius 1 is 0.947 bits per heavy atom. The van der Waals surface area contributed by atoms with E-state index in [1.54, 1.807) is 14.2 Å². The summed E-state index contributed by atoms with van der Waals surface area (Å²) < 4.78 is 5.15. The van der Waals surface area contributed by atoms with Gasteiger partial charge in [-0.2, -0.15) is 0 Å². The predicted octanol–water partition coefficient (Wildman–Crippen LogP) is 3.29. The van der Waals surface area contributed by atoms with Crippen LogP contribution in [0.5, 0.6) is 5.75 Å². The molecule has 0 amide bonds. The first-order valence-electron chi connectivity index (χ1n) is 6.12. The standard InChI is InChI=1S/C16H17NO2/c1-18-15-10-8-13(9-11-15)12-16(17-19-2)14-6-4-3-5-7-14/h3-11H,12H2,1-2H3. The maximum absolute atomic E-state index is 5.15. The normalized spacial score (nSPS) is 11.2. The van der Waals surface area contributed by atoms with Gasteiger partial charge in [0.25, 0.3) is 0 Å². The van der Waals surface area contributed by atoms with Gasteiger partial charge in [0.15, 0.2) is 0 Å². The molecule has 0 bridgehead atoms. The molecule has 0 saturated heterocycles. The lowest BCUT2D eigenvalue weighted by molar-refractivity contribution is 0.213. The molecule has 3 heteroatoms. The van der Waals surface area contributed by atoms with Gasteiger partial charge in [-0.05, 0) is 23.3 Å². The molecule has 0 aliphatic heterocycles. The molecule has 98 valence electrons. The maximum Gasteiger partial charge on any atom is 0.118 e. The summed E-state index contributed by atoms with van der Waals surface area (Å²) in [7, 11) is 3.23. The molecule has 0 N–H and O–H groups in total. The molecule has 0 radical (unpaired) electrons. The Bertz CT molecular complexity index is 532. The van der Waals surface area contributed by atoms with E-state index in [1.807, 2.05) is 54.6 Å². The van der Waals surface area contributed by atoms with E-state index in [2.05, 4.69) is 5.16 Å². The van der Waals surface area contributed by atoms with Gasteiger partial charge in [-0.3, -0.25) is 0 Å². The lowest BCUT2D eigenvalue weighted by atomic mass is 10.0. The average Bonchev–Trinajstić information content (AvgIpc) is 2.48. The molecule has 3 nitrogen and oxygen atoms in total. The fourth-order valence-electron chi connectivity index (χ4n) is 1.86. The van der Waals surface area contributed by atoms with E-state index in [-0.39, 0.29) is 0 Å². The van der Waals surface area contributed by atoms with E-state index < -0.39 is 0 Å². The van der Waals surface area contributed by atoms with Crippen molar-refractivity contribution in [2.45, 2.75) is 6.42 Å². The molecule has 0 saturated carbocycles. The van der Waals surface area contributed by atoms with E-state index in [4.69, 9.17) is 9.57 Å². The zero-order valence-corrected chi connectivity index (χ0v) is 11.2. The minimum absolute atomic E-state index is 0.724. The Kier molecular flexibility index (Phi) is 4.56.